The van der Waals surface area contributed by atoms with Gasteiger partial charge in [-0.05, 0) is 45.3 Å². The van der Waals surface area contributed by atoms with Gasteiger partial charge in [-0.1, -0.05) is 12.8 Å². The lowest BCUT2D eigenvalue weighted by atomic mass is 9.77. The highest BCUT2D eigenvalue weighted by molar-refractivity contribution is 5.11. The summed E-state index contributed by atoms with van der Waals surface area (Å²) < 4.78 is 2.17. The topological polar surface area (TPSA) is 29.9 Å². The van der Waals surface area contributed by atoms with Crippen LogP contribution < -0.4 is 5.32 Å². The molecule has 1 aromatic rings. The third-order valence-electron chi connectivity index (χ3n) is 3.80. The first kappa shape index (κ1) is 11.6. The SMILES string of the molecule is CCn1nccc1C1CCCCC1CNC. The Hall–Kier alpha value is -0.830. The summed E-state index contributed by atoms with van der Waals surface area (Å²) in [5, 5.41) is 7.74. The maximum Gasteiger partial charge on any atom is 0.0492 e. The zero-order chi connectivity index (χ0) is 11.4. The molecule has 2 rings (SSSR count). The van der Waals surface area contributed by atoms with E-state index in [0.29, 0.717) is 5.92 Å². The molecule has 16 heavy (non-hydrogen) atoms. The average Bonchev–Trinajstić information content (AvgIpc) is 2.78. The van der Waals surface area contributed by atoms with E-state index >= 15 is 0 Å². The van der Waals surface area contributed by atoms with E-state index in [0.717, 1.165) is 19.0 Å². The zero-order valence-electron chi connectivity index (χ0n) is 10.4. The van der Waals surface area contributed by atoms with Crippen LogP contribution in [0.1, 0.15) is 44.2 Å². The number of nitrogens with one attached hydrogen (secondary N) is 1. The molecule has 0 bridgehead atoms. The first-order valence-electron chi connectivity index (χ1n) is 6.53. The van der Waals surface area contributed by atoms with E-state index in [9.17, 15) is 0 Å². The van der Waals surface area contributed by atoms with Crippen molar-refractivity contribution in [3.63, 3.8) is 0 Å². The van der Waals surface area contributed by atoms with Crippen LogP contribution >= 0.6 is 0 Å². The van der Waals surface area contributed by atoms with E-state index in [1.165, 1.54) is 31.4 Å². The Kier molecular flexibility index (Phi) is 3.99. The van der Waals surface area contributed by atoms with Crippen molar-refractivity contribution in [2.45, 2.75) is 45.1 Å². The fraction of sp³-hybridized carbons (Fsp3) is 0.769. The molecule has 1 aliphatic rings. The zero-order valence-corrected chi connectivity index (χ0v) is 10.4. The van der Waals surface area contributed by atoms with Gasteiger partial charge in [-0.25, -0.2) is 0 Å². The lowest BCUT2D eigenvalue weighted by Crippen LogP contribution is -2.28. The van der Waals surface area contributed by atoms with Gasteiger partial charge < -0.3 is 5.32 Å². The number of hydrogen-bond acceptors (Lipinski definition) is 2. The Balaban J connectivity index is 2.16. The standard InChI is InChI=1S/C13H23N3/c1-3-16-13(8-9-15-16)12-7-5-4-6-11(12)10-14-2/h8-9,11-12,14H,3-7,10H2,1-2H3. The Bertz CT molecular complexity index is 317. The molecule has 3 nitrogen and oxygen atoms in total. The third-order valence-corrected chi connectivity index (χ3v) is 3.80. The van der Waals surface area contributed by atoms with Gasteiger partial charge in [0.15, 0.2) is 0 Å². The van der Waals surface area contributed by atoms with Crippen molar-refractivity contribution < 1.29 is 0 Å². The van der Waals surface area contributed by atoms with E-state index < -0.39 is 0 Å². The quantitative estimate of drug-likeness (QED) is 0.846. The molecule has 1 fully saturated rings. The van der Waals surface area contributed by atoms with Gasteiger partial charge in [0.25, 0.3) is 0 Å². The molecule has 1 N–H and O–H groups in total. The van der Waals surface area contributed by atoms with Gasteiger partial charge in [0.05, 0.1) is 0 Å². The molecular weight excluding hydrogens is 198 g/mol. The highest BCUT2D eigenvalue weighted by atomic mass is 15.3. The predicted octanol–water partition coefficient (Wildman–Crippen LogP) is 2.40. The van der Waals surface area contributed by atoms with Crippen molar-refractivity contribution in [3.05, 3.63) is 18.0 Å². The van der Waals surface area contributed by atoms with E-state index in [1.807, 2.05) is 6.20 Å². The van der Waals surface area contributed by atoms with E-state index in [2.05, 4.69) is 35.1 Å². The lowest BCUT2D eigenvalue weighted by molar-refractivity contribution is 0.288. The number of rotatable bonds is 4. The van der Waals surface area contributed by atoms with Gasteiger partial charge in [-0.15, -0.1) is 0 Å². The molecule has 1 aliphatic carbocycles. The first-order valence-corrected chi connectivity index (χ1v) is 6.53. The van der Waals surface area contributed by atoms with Crippen LogP contribution in [0, 0.1) is 5.92 Å². The molecule has 90 valence electrons. The van der Waals surface area contributed by atoms with Crippen molar-refractivity contribution in [1.29, 1.82) is 0 Å². The van der Waals surface area contributed by atoms with Crippen LogP contribution in [-0.4, -0.2) is 23.4 Å². The molecule has 0 aromatic carbocycles. The van der Waals surface area contributed by atoms with Gasteiger partial charge in [0, 0.05) is 24.4 Å². The highest BCUT2D eigenvalue weighted by Crippen LogP contribution is 2.37. The van der Waals surface area contributed by atoms with Crippen LogP contribution in [0.5, 0.6) is 0 Å². The van der Waals surface area contributed by atoms with Crippen molar-refractivity contribution in [3.8, 4) is 0 Å². The molecule has 2 atom stereocenters. The second-order valence-electron chi connectivity index (χ2n) is 4.78. The summed E-state index contributed by atoms with van der Waals surface area (Å²) >= 11 is 0. The summed E-state index contributed by atoms with van der Waals surface area (Å²) in [6, 6.07) is 2.21. The second kappa shape index (κ2) is 5.48. The number of aromatic nitrogens is 2. The van der Waals surface area contributed by atoms with Crippen LogP contribution in [0.25, 0.3) is 0 Å². The molecule has 3 heteroatoms. The van der Waals surface area contributed by atoms with E-state index in [4.69, 9.17) is 0 Å². The summed E-state index contributed by atoms with van der Waals surface area (Å²) in [6.45, 7) is 4.30. The van der Waals surface area contributed by atoms with Crippen LogP contribution in [0.4, 0.5) is 0 Å². The molecule has 0 aliphatic heterocycles. The Labute approximate surface area is 98.2 Å². The van der Waals surface area contributed by atoms with Crippen molar-refractivity contribution in [1.82, 2.24) is 15.1 Å². The summed E-state index contributed by atoms with van der Waals surface area (Å²) in [6.07, 6.45) is 7.41. The number of nitrogens with zero attached hydrogens (tertiary/aromatic N) is 2. The number of aryl methyl sites for hydroxylation is 1. The summed E-state index contributed by atoms with van der Waals surface area (Å²) in [4.78, 5) is 0. The van der Waals surface area contributed by atoms with Crippen LogP contribution in [0.2, 0.25) is 0 Å². The molecule has 0 radical (unpaired) electrons. The third kappa shape index (κ3) is 2.29. The maximum atomic E-state index is 4.40. The van der Waals surface area contributed by atoms with Gasteiger partial charge in [0.1, 0.15) is 0 Å². The summed E-state index contributed by atoms with van der Waals surface area (Å²) in [5.41, 5.74) is 1.45. The lowest BCUT2D eigenvalue weighted by Gasteiger charge is -2.31. The predicted molar refractivity (Wildman–Crippen MR) is 66.5 cm³/mol. The Morgan fingerprint density at radius 2 is 2.25 bits per heavy atom. The molecule has 2 unspecified atom stereocenters. The van der Waals surface area contributed by atoms with Crippen molar-refractivity contribution >= 4 is 0 Å². The fourth-order valence-corrected chi connectivity index (χ4v) is 3.03. The molecule has 0 saturated heterocycles. The van der Waals surface area contributed by atoms with E-state index in [1.54, 1.807) is 0 Å². The minimum atomic E-state index is 0.712. The van der Waals surface area contributed by atoms with Crippen LogP contribution in [0.15, 0.2) is 12.3 Å². The smallest absolute Gasteiger partial charge is 0.0492 e. The van der Waals surface area contributed by atoms with Gasteiger partial charge in [-0.2, -0.15) is 5.10 Å². The van der Waals surface area contributed by atoms with Gasteiger partial charge >= 0.3 is 0 Å². The first-order chi connectivity index (χ1) is 7.86. The van der Waals surface area contributed by atoms with Gasteiger partial charge in [-0.3, -0.25) is 4.68 Å². The maximum absolute atomic E-state index is 4.40. The molecule has 1 saturated carbocycles. The van der Waals surface area contributed by atoms with Crippen LogP contribution in [-0.2, 0) is 6.54 Å². The minimum absolute atomic E-state index is 0.712. The normalized spacial score (nSPS) is 25.9. The molecule has 1 heterocycles. The van der Waals surface area contributed by atoms with Crippen LogP contribution in [0.3, 0.4) is 0 Å². The Morgan fingerprint density at radius 3 is 3.00 bits per heavy atom. The van der Waals surface area contributed by atoms with Crippen molar-refractivity contribution in [2.75, 3.05) is 13.6 Å². The van der Waals surface area contributed by atoms with Gasteiger partial charge in [0.2, 0.25) is 0 Å². The summed E-state index contributed by atoms with van der Waals surface area (Å²) in [5.74, 6) is 1.50. The minimum Gasteiger partial charge on any atom is -0.319 e. The molecular formula is C13H23N3. The fourth-order valence-electron chi connectivity index (χ4n) is 3.03. The highest BCUT2D eigenvalue weighted by Gasteiger charge is 2.27. The van der Waals surface area contributed by atoms with Crippen molar-refractivity contribution in [2.24, 2.45) is 5.92 Å². The number of hydrogen-bond donors (Lipinski definition) is 1. The van der Waals surface area contributed by atoms with E-state index in [-0.39, 0.29) is 0 Å². The average molecular weight is 221 g/mol. The second-order valence-corrected chi connectivity index (χ2v) is 4.78. The molecule has 0 amide bonds. The summed E-state index contributed by atoms with van der Waals surface area (Å²) in [7, 11) is 2.06. The molecule has 0 spiro atoms. The molecule has 1 aromatic heterocycles. The Morgan fingerprint density at radius 1 is 1.44 bits per heavy atom. The monoisotopic (exact) mass is 221 g/mol. The largest absolute Gasteiger partial charge is 0.319 e.